The first-order chi connectivity index (χ1) is 21.3. The van der Waals surface area contributed by atoms with Crippen molar-refractivity contribution in [3.63, 3.8) is 0 Å². The van der Waals surface area contributed by atoms with Gasteiger partial charge < -0.3 is 15.1 Å². The topological polar surface area (TPSA) is 94.7 Å². The summed E-state index contributed by atoms with van der Waals surface area (Å²) in [7, 11) is 3.87. The van der Waals surface area contributed by atoms with Crippen LogP contribution < -0.4 is 5.32 Å². The summed E-state index contributed by atoms with van der Waals surface area (Å²) in [5.74, 6) is -0.292. The Morgan fingerprint density at radius 2 is 1.93 bits per heavy atom. The summed E-state index contributed by atoms with van der Waals surface area (Å²) >= 11 is 6.34. The Morgan fingerprint density at radius 1 is 1.11 bits per heavy atom. The second-order valence-corrected chi connectivity index (χ2v) is 11.1. The lowest BCUT2D eigenvalue weighted by Gasteiger charge is -2.16. The van der Waals surface area contributed by atoms with Gasteiger partial charge in [-0.15, -0.1) is 0 Å². The Hall–Kier alpha value is -4.86. The van der Waals surface area contributed by atoms with Gasteiger partial charge in [-0.25, -0.2) is 4.52 Å². The van der Waals surface area contributed by atoms with Crippen LogP contribution in [0, 0.1) is 0 Å². The number of hydrogen-bond donors (Lipinski definition) is 1. The lowest BCUT2D eigenvalue weighted by molar-refractivity contribution is -0.111. The fraction of sp³-hybridized carbons (Fsp3) is 0.206. The number of aromatic nitrogens is 2. The lowest BCUT2D eigenvalue weighted by atomic mass is 10.0. The van der Waals surface area contributed by atoms with Crippen molar-refractivity contribution in [2.45, 2.75) is 12.5 Å². The van der Waals surface area contributed by atoms with Crippen LogP contribution in [-0.2, 0) is 4.79 Å². The standard InChI is InChI=1S/C34H34ClN7O2/c1-36-18-16-29(32-30-10-4-5-20-42(30)39-33(32)25-8-6-9-26(35)22-25)37-28-17-21-41(23-28)34(44)24-12-14-27(15-13-24)38-31(43)11-7-19-40(2)3/h4-16,18,20,22,28H,1,17,19,21,23H2,2-3H3,(H,38,43)/b11-7+,18-16-,37-29?. The van der Waals surface area contributed by atoms with E-state index in [1.165, 1.54) is 6.08 Å². The quantitative estimate of drug-likeness (QED) is 0.187. The van der Waals surface area contributed by atoms with Crippen molar-refractivity contribution >= 4 is 47.0 Å². The fourth-order valence-corrected chi connectivity index (χ4v) is 5.26. The number of likely N-dealkylation sites (tertiary alicyclic amines) is 1. The van der Waals surface area contributed by atoms with Crippen molar-refractivity contribution in [1.29, 1.82) is 0 Å². The van der Waals surface area contributed by atoms with Gasteiger partial charge in [0.15, 0.2) is 0 Å². The number of carbonyl (C=O) groups excluding carboxylic acids is 2. The molecule has 2 amide bonds. The van der Waals surface area contributed by atoms with Crippen molar-refractivity contribution < 1.29 is 9.59 Å². The molecule has 2 aromatic heterocycles. The number of halogens is 1. The lowest BCUT2D eigenvalue weighted by Crippen LogP contribution is -2.29. The molecule has 1 unspecified atom stereocenters. The monoisotopic (exact) mass is 607 g/mol. The number of rotatable bonds is 10. The number of fused-ring (bicyclic) bond motifs is 1. The molecule has 2 aromatic carbocycles. The number of aliphatic imine (C=N–C) groups is 2. The Kier molecular flexibility index (Phi) is 9.79. The van der Waals surface area contributed by atoms with E-state index in [1.54, 1.807) is 36.5 Å². The smallest absolute Gasteiger partial charge is 0.253 e. The molecular weight excluding hydrogens is 574 g/mol. The minimum atomic E-state index is -0.215. The molecular formula is C34H34ClN7O2. The molecule has 5 rings (SSSR count). The number of hydrogen-bond acceptors (Lipinski definition) is 6. The number of carbonyl (C=O) groups is 2. The summed E-state index contributed by atoms with van der Waals surface area (Å²) in [6, 6.07) is 20.3. The summed E-state index contributed by atoms with van der Waals surface area (Å²) in [5, 5.41) is 8.30. The Labute approximate surface area is 261 Å². The third-order valence-corrected chi connectivity index (χ3v) is 7.38. The molecule has 1 saturated heterocycles. The van der Waals surface area contributed by atoms with E-state index in [9.17, 15) is 9.59 Å². The molecule has 4 aromatic rings. The third-order valence-electron chi connectivity index (χ3n) is 7.14. The predicted octanol–water partition coefficient (Wildman–Crippen LogP) is 5.63. The summed E-state index contributed by atoms with van der Waals surface area (Å²) in [6.07, 6.45) is 9.35. The number of pyridine rings is 1. The average Bonchev–Trinajstić information content (AvgIpc) is 3.64. The van der Waals surface area contributed by atoms with Gasteiger partial charge in [0.05, 0.1) is 22.8 Å². The van der Waals surface area contributed by atoms with Crippen LogP contribution in [-0.4, -0.2) is 83.4 Å². The maximum absolute atomic E-state index is 13.4. The second-order valence-electron chi connectivity index (χ2n) is 10.7. The summed E-state index contributed by atoms with van der Waals surface area (Å²) in [5.41, 5.74) is 5.24. The Balaban J connectivity index is 1.35. The summed E-state index contributed by atoms with van der Waals surface area (Å²) in [4.78, 5) is 38.4. The highest BCUT2D eigenvalue weighted by molar-refractivity contribution is 6.31. The third kappa shape index (κ3) is 7.37. The van der Waals surface area contributed by atoms with Crippen LogP contribution in [0.5, 0.6) is 0 Å². The van der Waals surface area contributed by atoms with Crippen molar-refractivity contribution in [2.75, 3.05) is 39.0 Å². The molecule has 1 atom stereocenters. The highest BCUT2D eigenvalue weighted by Gasteiger charge is 2.28. The maximum atomic E-state index is 13.4. The number of allylic oxidation sites excluding steroid dienone is 1. The highest BCUT2D eigenvalue weighted by atomic mass is 35.5. The first-order valence-electron chi connectivity index (χ1n) is 14.3. The van der Waals surface area contributed by atoms with Crippen molar-refractivity contribution in [2.24, 2.45) is 9.98 Å². The molecule has 1 N–H and O–H groups in total. The normalized spacial score (nSPS) is 15.6. The van der Waals surface area contributed by atoms with Crippen LogP contribution >= 0.6 is 11.6 Å². The van der Waals surface area contributed by atoms with Crippen LogP contribution in [0.3, 0.4) is 0 Å². The number of nitrogens with zero attached hydrogens (tertiary/aromatic N) is 6. The molecule has 224 valence electrons. The molecule has 0 radical (unpaired) electrons. The zero-order chi connectivity index (χ0) is 31.1. The van der Waals surface area contributed by atoms with Gasteiger partial charge >= 0.3 is 0 Å². The van der Waals surface area contributed by atoms with Crippen molar-refractivity contribution in [3.8, 4) is 11.3 Å². The highest BCUT2D eigenvalue weighted by Crippen LogP contribution is 2.30. The molecule has 9 nitrogen and oxygen atoms in total. The molecule has 1 aliphatic heterocycles. The fourth-order valence-electron chi connectivity index (χ4n) is 5.06. The van der Waals surface area contributed by atoms with Crippen LogP contribution in [0.2, 0.25) is 5.02 Å². The average molecular weight is 608 g/mol. The Bertz CT molecular complexity index is 1760. The minimum absolute atomic E-state index is 0.0769. The molecule has 0 bridgehead atoms. The SMILES string of the molecule is C=N/C=C\C(=NC1CCN(C(=O)c2ccc(NC(=O)/C=C/CN(C)C)cc2)C1)c1c(-c2cccc(Cl)c2)nn2ccccc12. The van der Waals surface area contributed by atoms with Gasteiger partial charge in [-0.1, -0.05) is 35.9 Å². The minimum Gasteiger partial charge on any atom is -0.336 e. The van der Waals surface area contributed by atoms with Gasteiger partial charge in [-0.2, -0.15) is 5.10 Å². The second kappa shape index (κ2) is 14.1. The maximum Gasteiger partial charge on any atom is 0.253 e. The van der Waals surface area contributed by atoms with Gasteiger partial charge in [0, 0.05) is 59.9 Å². The van der Waals surface area contributed by atoms with Crippen molar-refractivity contribution in [1.82, 2.24) is 19.4 Å². The first-order valence-corrected chi connectivity index (χ1v) is 14.7. The van der Waals surface area contributed by atoms with Gasteiger partial charge in [0.1, 0.15) is 5.69 Å². The van der Waals surface area contributed by atoms with E-state index in [0.717, 1.165) is 22.3 Å². The zero-order valence-electron chi connectivity index (χ0n) is 24.7. The first kappa shape index (κ1) is 30.6. The van der Waals surface area contributed by atoms with E-state index in [4.69, 9.17) is 21.7 Å². The van der Waals surface area contributed by atoms with E-state index in [2.05, 4.69) is 17.0 Å². The zero-order valence-corrected chi connectivity index (χ0v) is 25.5. The molecule has 1 aliphatic rings. The number of nitrogens with one attached hydrogen (secondary N) is 1. The summed E-state index contributed by atoms with van der Waals surface area (Å²) < 4.78 is 1.83. The number of likely N-dealkylation sites (N-methyl/N-ethyl adjacent to an activating group) is 1. The summed E-state index contributed by atoms with van der Waals surface area (Å²) in [6.45, 7) is 5.32. The van der Waals surface area contributed by atoms with Crippen LogP contribution in [0.4, 0.5) is 5.69 Å². The molecule has 0 spiro atoms. The van der Waals surface area contributed by atoms with Crippen molar-refractivity contribution in [3.05, 3.63) is 114 Å². The molecule has 44 heavy (non-hydrogen) atoms. The van der Waals surface area contributed by atoms with Crippen LogP contribution in [0.25, 0.3) is 16.8 Å². The molecule has 1 fully saturated rings. The number of benzene rings is 2. The van der Waals surface area contributed by atoms with Gasteiger partial charge in [0.2, 0.25) is 5.91 Å². The van der Waals surface area contributed by atoms with Crippen LogP contribution in [0.1, 0.15) is 22.3 Å². The van der Waals surface area contributed by atoms with Gasteiger partial charge in [-0.3, -0.25) is 19.6 Å². The molecule has 0 saturated carbocycles. The van der Waals surface area contributed by atoms with E-state index < -0.39 is 0 Å². The number of amides is 2. The van der Waals surface area contributed by atoms with Gasteiger partial charge in [-0.05, 0) is 81.8 Å². The largest absolute Gasteiger partial charge is 0.336 e. The van der Waals surface area contributed by atoms with E-state index >= 15 is 0 Å². The predicted molar refractivity (Wildman–Crippen MR) is 178 cm³/mol. The van der Waals surface area contributed by atoms with E-state index in [1.807, 2.05) is 83.1 Å². The van der Waals surface area contributed by atoms with Gasteiger partial charge in [0.25, 0.3) is 5.91 Å². The van der Waals surface area contributed by atoms with E-state index in [-0.39, 0.29) is 17.9 Å². The molecule has 3 heterocycles. The molecule has 10 heteroatoms. The molecule has 0 aliphatic carbocycles. The van der Waals surface area contributed by atoms with E-state index in [0.29, 0.717) is 48.0 Å². The number of anilines is 1. The van der Waals surface area contributed by atoms with Crippen LogP contribution in [0.15, 0.2) is 107 Å². The Morgan fingerprint density at radius 3 is 2.68 bits per heavy atom.